The number of hydrogen-bond donors (Lipinski definition) is 14. The van der Waals surface area contributed by atoms with Gasteiger partial charge in [0.15, 0.2) is 17.5 Å². The van der Waals surface area contributed by atoms with Crippen LogP contribution in [0.1, 0.15) is 435 Å². The lowest BCUT2D eigenvalue weighted by Crippen LogP contribution is -2.33. The Labute approximate surface area is 860 Å². The first-order valence-corrected chi connectivity index (χ1v) is 50.6. The van der Waals surface area contributed by atoms with E-state index in [4.69, 9.17) is 28.0 Å². The Morgan fingerprint density at radius 1 is 0.444 bits per heavy atom. The summed E-state index contributed by atoms with van der Waals surface area (Å²) in [5, 5.41) is 68.7. The topological polar surface area (TPSA) is 561 Å². The molecule has 0 fully saturated rings. The van der Waals surface area contributed by atoms with E-state index in [9.17, 15) is 28.8 Å². The number of aliphatic imine (C=N–C) groups is 2. The first kappa shape index (κ1) is 151. The van der Waals surface area contributed by atoms with Gasteiger partial charge in [-0.25, -0.2) is 9.97 Å². The quantitative estimate of drug-likeness (QED) is 0.0161. The number of tetrazole rings is 3. The Morgan fingerprint density at radius 3 is 0.887 bits per heavy atom. The molecule has 0 aromatic carbocycles. The number of rotatable bonds is 23. The molecule has 4 amide bonds. The smallest absolute Gasteiger partial charge is 0.247 e. The van der Waals surface area contributed by atoms with Crippen LogP contribution in [0, 0.1) is 76.9 Å². The molecule has 0 radical (unpaired) electrons. The zero-order chi connectivity index (χ0) is 113. The third-order valence-electron chi connectivity index (χ3n) is 16.2. The molecule has 142 heavy (non-hydrogen) atoms. The van der Waals surface area contributed by atoms with Crippen LogP contribution >= 0.6 is 0 Å². The van der Waals surface area contributed by atoms with Crippen molar-refractivity contribution >= 4 is 46.8 Å². The number of H-pyrrole nitrogens is 6. The summed E-state index contributed by atoms with van der Waals surface area (Å²) in [6.07, 6.45) is 15.7. The Balaban J connectivity index is -0.000000163. The summed E-state index contributed by atoms with van der Waals surface area (Å²) in [5.74, 6) is 14.4. The summed E-state index contributed by atoms with van der Waals surface area (Å²) in [5.41, 5.74) is 25.2. The predicted molar refractivity (Wildman–Crippen MR) is 596 cm³/mol. The van der Waals surface area contributed by atoms with E-state index in [1.165, 1.54) is 17.5 Å². The van der Waals surface area contributed by atoms with Gasteiger partial charge < -0.3 is 58.9 Å². The summed E-state index contributed by atoms with van der Waals surface area (Å²) in [4.78, 5) is 88.7. The van der Waals surface area contributed by atoms with Crippen LogP contribution in [0.5, 0.6) is 0 Å². The molecule has 18 N–H and O–H groups in total. The fraction of sp³-hybridized carbons (Fsp3) is 0.717. The predicted octanol–water partition coefficient (Wildman–Crippen LogP) is 23.0. The number of aromatic amines is 6. The van der Waals surface area contributed by atoms with Crippen LogP contribution < -0.4 is 44.4 Å². The second-order valence-corrected chi connectivity index (χ2v) is 41.6. The number of aliphatic hydroxyl groups is 1. The van der Waals surface area contributed by atoms with Crippen molar-refractivity contribution in [1.82, 2.24) is 103 Å². The largest absolute Gasteiger partial charge is 0.512 e. The van der Waals surface area contributed by atoms with Gasteiger partial charge in [0.05, 0.1) is 23.1 Å². The minimum Gasteiger partial charge on any atom is -0.512 e. The molecular formula is C106H209N29O7. The molecule has 36 heteroatoms. The van der Waals surface area contributed by atoms with Crippen molar-refractivity contribution in [3.05, 3.63) is 136 Å². The number of nitrogens with one attached hydrogen (secondary N) is 9. The summed E-state index contributed by atoms with van der Waals surface area (Å²) >= 11 is 0. The highest BCUT2D eigenvalue weighted by Gasteiger charge is 2.13. The lowest BCUT2D eigenvalue weighted by Gasteiger charge is -2.09. The molecule has 0 aliphatic carbocycles. The van der Waals surface area contributed by atoms with Gasteiger partial charge in [0.1, 0.15) is 24.0 Å². The molecule has 0 atom stereocenters. The maximum atomic E-state index is 11.0. The number of carbonyl (C=O) groups is 5. The molecule has 2 aliphatic rings. The number of nitrogens with two attached hydrogens (primary N) is 4. The number of aromatic nitrogens is 17. The van der Waals surface area contributed by atoms with Crippen molar-refractivity contribution in [2.75, 3.05) is 6.54 Å². The number of pyridine rings is 1. The van der Waals surface area contributed by atoms with Gasteiger partial charge in [0, 0.05) is 155 Å². The van der Waals surface area contributed by atoms with Crippen LogP contribution in [0.3, 0.4) is 0 Å². The number of allylic oxidation sites excluding steroid dienone is 5. The summed E-state index contributed by atoms with van der Waals surface area (Å²) < 4.78 is 0. The molecule has 36 nitrogen and oxygen atoms in total. The van der Waals surface area contributed by atoms with Gasteiger partial charge in [-0.3, -0.25) is 38.8 Å². The van der Waals surface area contributed by atoms with E-state index in [1.807, 2.05) is 223 Å². The highest BCUT2D eigenvalue weighted by Crippen LogP contribution is 2.18. The number of carbonyl (C=O) groups excluding carboxylic acids is 5. The average Bonchev–Trinajstić information content (AvgIpc) is 1.75. The van der Waals surface area contributed by atoms with Gasteiger partial charge in [0.25, 0.3) is 0 Å². The Bertz CT molecular complexity index is 3890. The number of ketones is 1. The highest BCUT2D eigenvalue weighted by atomic mass is 16.3. The SMILES string of the molecule is C=C1C=CC=CN1.CC(C)/C=C(\O)C(C)C.CC(C)C.CC(C)C.CC(C)C(N)=O.CC(C)C(N)=O.CC(C)C1=NN=NC1.CC(C)CC(=O)C(C)C.CC(C)N=C(N)C(C)C.CC(C)N=C(N)C(C)C.CC(C)NC(=O)C(C)C.CC(C)NC(=O)C(C)C.CC(C)c1cnc(C(C)C)[nH]1.CC(C)c1cnc(C(C)C)[nH]1.CC(C)c1nn[nH]n1.CC(C)c1nn[nH]n1.CC(C)c1nn[nH]n1.O=c1cccc[nH]1. The van der Waals surface area contributed by atoms with E-state index in [-0.39, 0.29) is 76.8 Å². The van der Waals surface area contributed by atoms with Gasteiger partial charge in [-0.2, -0.15) is 20.8 Å². The second-order valence-electron chi connectivity index (χ2n) is 41.6. The number of amidine groups is 2. The molecule has 0 bridgehead atoms. The van der Waals surface area contributed by atoms with Crippen molar-refractivity contribution in [2.45, 2.75) is 418 Å². The fourth-order valence-corrected chi connectivity index (χ4v) is 7.42. The molecular weight excluding hydrogens is 1790 g/mol. The first-order chi connectivity index (χ1) is 65.2. The lowest BCUT2D eigenvalue weighted by atomic mass is 9.99. The number of dihydropyridines is 1. The molecule has 820 valence electrons. The molecule has 0 saturated heterocycles. The number of Topliss-reactive ketones (excluding diaryl/α,β-unsaturated/α-hetero) is 1. The Kier molecular flexibility index (Phi) is 98.2. The van der Waals surface area contributed by atoms with E-state index in [1.54, 1.807) is 46.0 Å². The Hall–Kier alpha value is -11.1. The molecule has 8 heterocycles. The summed E-state index contributed by atoms with van der Waals surface area (Å²) in [7, 11) is 0. The van der Waals surface area contributed by atoms with Crippen molar-refractivity contribution in [1.29, 1.82) is 0 Å². The fourth-order valence-electron chi connectivity index (χ4n) is 7.42. The van der Waals surface area contributed by atoms with Crippen LogP contribution in [0.25, 0.3) is 0 Å². The molecule has 0 unspecified atom stereocenters. The van der Waals surface area contributed by atoms with Crippen LogP contribution in [0.15, 0.2) is 116 Å². The van der Waals surface area contributed by atoms with E-state index < -0.39 is 0 Å². The monoisotopic (exact) mass is 2000 g/mol. The van der Waals surface area contributed by atoms with Crippen molar-refractivity contribution < 1.29 is 29.1 Å². The van der Waals surface area contributed by atoms with E-state index >= 15 is 0 Å². The second kappa shape index (κ2) is 92.3. The van der Waals surface area contributed by atoms with Crippen LogP contribution in [0.2, 0.25) is 0 Å². The molecule has 0 spiro atoms. The van der Waals surface area contributed by atoms with Crippen LogP contribution in [-0.4, -0.2) is 169 Å². The summed E-state index contributed by atoms with van der Waals surface area (Å²) in [6.45, 7) is 106. The zero-order valence-electron chi connectivity index (χ0n) is 98.2. The van der Waals surface area contributed by atoms with Gasteiger partial charge in [-0.15, -0.1) is 35.7 Å². The number of imidazole rings is 2. The third-order valence-corrected chi connectivity index (χ3v) is 16.2. The number of hydrogen-bond acceptors (Lipinski definition) is 24. The minimum atomic E-state index is -0.241. The standard InChI is InChI=1S/2C9H16N2.2C8H16O.2C7H16N2.2C7H15NO.C6H7N.C5H9N3.C5H5NO.3C4H8N4.2C4H9NO.2C4H10/c2*1-6(2)8-5-10-9(11-8)7(3)4;2*1-6(2)5-8(9)7(3)4;2*1-5(2)7(8)9-6(3)4;2*1-5(2)7(9)8-6(3)4;1-6-4-2-3-5-7-6;1-4(2)5-3-6-8-7-5;7-5-3-1-2-4-6-5;3*1-3(2)4-5-7-8-6-4;2*1-3(2)4(5)6;2*1-4(2)3/h2*5-7H,1-4H3,(H,10,11);6-7H,5H2,1-4H3;5-7,9H,1-4H3;2*5-6H,1-4H3,(H2,8,9);2*5-6H,1-4H3,(H,8,9);2-5,7H,1H2;4H,3H2,1-2H3;1-4H,(H,6,7);3*3H,1-2H3,(H,5,6,7,8);2*3H,1-2H3,(H2,5,6);2*4H,1-3H3/b;;;8-5-;;;;;;;;;;;;;;. The van der Waals surface area contributed by atoms with Crippen LogP contribution in [0.4, 0.5) is 0 Å². The lowest BCUT2D eigenvalue weighted by molar-refractivity contribution is -0.125. The Morgan fingerprint density at radius 2 is 0.782 bits per heavy atom. The first-order valence-electron chi connectivity index (χ1n) is 50.6. The van der Waals surface area contributed by atoms with Crippen LogP contribution in [-0.2, 0) is 24.0 Å². The van der Waals surface area contributed by atoms with E-state index in [2.05, 4.69) is 273 Å². The highest BCUT2D eigenvalue weighted by molar-refractivity contribution is 5.88. The number of primary amides is 2. The summed E-state index contributed by atoms with van der Waals surface area (Å²) in [6, 6.07) is 6.11. The minimum absolute atomic E-state index is 0.00926. The van der Waals surface area contributed by atoms with Crippen molar-refractivity contribution in [2.24, 2.45) is 125 Å². The number of amides is 4. The maximum Gasteiger partial charge on any atom is 0.247 e. The van der Waals surface area contributed by atoms with Gasteiger partial charge in [-0.05, 0) is 126 Å². The molecule has 6 aromatic heterocycles. The number of nitrogens with zero attached hydrogens (tertiary/aromatic N) is 16. The van der Waals surface area contributed by atoms with Gasteiger partial charge in [-0.1, -0.05) is 325 Å². The van der Waals surface area contributed by atoms with Gasteiger partial charge >= 0.3 is 0 Å². The zero-order valence-corrected chi connectivity index (χ0v) is 98.2. The van der Waals surface area contributed by atoms with Crippen molar-refractivity contribution in [3.8, 4) is 0 Å². The van der Waals surface area contributed by atoms with Crippen molar-refractivity contribution in [3.63, 3.8) is 0 Å². The molecule has 2 aliphatic heterocycles. The third kappa shape index (κ3) is 109. The molecule has 8 rings (SSSR count). The molecule has 0 saturated carbocycles. The number of aliphatic hydroxyl groups excluding tert-OH is 1. The van der Waals surface area contributed by atoms with E-state index in [0.29, 0.717) is 101 Å². The molecule has 6 aromatic rings. The normalized spacial score (nSPS) is 11.6. The van der Waals surface area contributed by atoms with E-state index in [0.717, 1.165) is 70.5 Å². The maximum absolute atomic E-state index is 11.0. The average molecular weight is 2000 g/mol. The van der Waals surface area contributed by atoms with Gasteiger partial charge in [0.2, 0.25) is 29.2 Å².